The van der Waals surface area contributed by atoms with E-state index in [9.17, 15) is 19.5 Å². The Morgan fingerprint density at radius 1 is 0.717 bits per heavy atom. The van der Waals surface area contributed by atoms with E-state index >= 15 is 0 Å². The van der Waals surface area contributed by atoms with Crippen molar-refractivity contribution in [3.05, 3.63) is 102 Å². The molecule has 0 fully saturated rings. The molecule has 0 heterocycles. The Bertz CT molecular complexity index is 1330. The maximum atomic E-state index is 14.0. The third kappa shape index (κ3) is 11.9. The lowest BCUT2D eigenvalue weighted by molar-refractivity contribution is -0.130. The molecule has 4 atom stereocenters. The zero-order valence-corrected chi connectivity index (χ0v) is 27.2. The number of hydrogen-bond donors (Lipinski definition) is 5. The van der Waals surface area contributed by atoms with Crippen molar-refractivity contribution in [3.8, 4) is 5.75 Å². The standard InChI is InChI=1S/C37H49N3O6/c1-26(2)34(30-17-11-8-12-18-30)46-37(45)39-27(3)33(29-15-9-7-10-16-29)36(44)40-32(25-28-19-21-31(42)22-20-28)35(43)38-23-13-5-4-6-14-24-41/h7-12,15-22,26-27,32-34,41-42H,4-6,13-14,23-25H2,1-3H3,(H,38,43)(H,39,45)(H,40,44). The highest BCUT2D eigenvalue weighted by atomic mass is 16.6. The number of phenols is 1. The van der Waals surface area contributed by atoms with Gasteiger partial charge in [-0.15, -0.1) is 0 Å². The summed E-state index contributed by atoms with van der Waals surface area (Å²) in [5.41, 5.74) is 2.34. The van der Waals surface area contributed by atoms with Gasteiger partial charge in [-0.1, -0.05) is 106 Å². The monoisotopic (exact) mass is 631 g/mol. The molecule has 0 radical (unpaired) electrons. The largest absolute Gasteiger partial charge is 0.508 e. The van der Waals surface area contributed by atoms with E-state index in [1.807, 2.05) is 74.5 Å². The van der Waals surface area contributed by atoms with Gasteiger partial charge in [-0.2, -0.15) is 0 Å². The van der Waals surface area contributed by atoms with Crippen molar-refractivity contribution < 1.29 is 29.3 Å². The first-order valence-electron chi connectivity index (χ1n) is 16.2. The predicted octanol–water partition coefficient (Wildman–Crippen LogP) is 5.77. The van der Waals surface area contributed by atoms with Gasteiger partial charge in [0.05, 0.1) is 5.92 Å². The van der Waals surface area contributed by atoms with Crippen LogP contribution in [0.4, 0.5) is 4.79 Å². The van der Waals surface area contributed by atoms with Gasteiger partial charge in [0, 0.05) is 25.6 Å². The fourth-order valence-electron chi connectivity index (χ4n) is 5.42. The quantitative estimate of drug-likeness (QED) is 0.113. The molecule has 0 aliphatic heterocycles. The van der Waals surface area contributed by atoms with Crippen molar-refractivity contribution in [1.82, 2.24) is 16.0 Å². The molecule has 0 aliphatic rings. The van der Waals surface area contributed by atoms with Crippen LogP contribution in [0.5, 0.6) is 5.75 Å². The molecule has 248 valence electrons. The lowest BCUT2D eigenvalue weighted by Crippen LogP contribution is -2.52. The van der Waals surface area contributed by atoms with Gasteiger partial charge in [0.15, 0.2) is 0 Å². The summed E-state index contributed by atoms with van der Waals surface area (Å²) in [6.07, 6.45) is 3.50. The molecule has 9 nitrogen and oxygen atoms in total. The van der Waals surface area contributed by atoms with Crippen molar-refractivity contribution in [3.63, 3.8) is 0 Å². The Hall–Kier alpha value is -4.37. The van der Waals surface area contributed by atoms with Gasteiger partial charge in [-0.05, 0) is 54.5 Å². The van der Waals surface area contributed by atoms with Gasteiger partial charge in [0.25, 0.3) is 0 Å². The molecule has 4 unspecified atom stereocenters. The molecule has 0 saturated heterocycles. The molecule has 0 aliphatic carbocycles. The molecule has 3 aromatic rings. The number of amides is 3. The third-order valence-electron chi connectivity index (χ3n) is 7.90. The third-order valence-corrected chi connectivity index (χ3v) is 7.90. The molecule has 5 N–H and O–H groups in total. The number of hydrogen-bond acceptors (Lipinski definition) is 6. The molecular weight excluding hydrogens is 582 g/mol. The van der Waals surface area contributed by atoms with E-state index in [0.29, 0.717) is 12.1 Å². The number of phenolic OH excluding ortho intramolecular Hbond substituents is 1. The molecule has 0 aromatic heterocycles. The van der Waals surface area contributed by atoms with Crippen LogP contribution in [0, 0.1) is 5.92 Å². The molecule has 9 heteroatoms. The molecule has 3 aromatic carbocycles. The van der Waals surface area contributed by atoms with E-state index in [2.05, 4.69) is 16.0 Å². The van der Waals surface area contributed by atoms with Crippen molar-refractivity contribution in [2.24, 2.45) is 5.92 Å². The number of carbonyl (C=O) groups is 3. The number of rotatable bonds is 18. The summed E-state index contributed by atoms with van der Waals surface area (Å²) in [5.74, 6) is -1.41. The number of carbonyl (C=O) groups excluding carboxylic acids is 3. The van der Waals surface area contributed by atoms with E-state index in [1.165, 1.54) is 0 Å². The van der Waals surface area contributed by atoms with Gasteiger partial charge in [-0.25, -0.2) is 4.79 Å². The van der Waals surface area contributed by atoms with Crippen LogP contribution >= 0.6 is 0 Å². The number of aromatic hydroxyl groups is 1. The summed E-state index contributed by atoms with van der Waals surface area (Å²) >= 11 is 0. The summed E-state index contributed by atoms with van der Waals surface area (Å²) in [4.78, 5) is 40.6. The van der Waals surface area contributed by atoms with Crippen LogP contribution in [0.1, 0.15) is 81.6 Å². The van der Waals surface area contributed by atoms with E-state index < -0.39 is 36.1 Å². The van der Waals surface area contributed by atoms with E-state index in [4.69, 9.17) is 9.84 Å². The lowest BCUT2D eigenvalue weighted by atomic mass is 9.90. The minimum absolute atomic E-state index is 0.0244. The molecule has 0 saturated carbocycles. The Balaban J connectivity index is 1.75. The summed E-state index contributed by atoms with van der Waals surface area (Å²) in [5, 5.41) is 27.5. The first kappa shape index (κ1) is 36.1. The highest BCUT2D eigenvalue weighted by Gasteiger charge is 2.32. The number of benzene rings is 3. The second-order valence-corrected chi connectivity index (χ2v) is 12.0. The van der Waals surface area contributed by atoms with Crippen LogP contribution in [0.2, 0.25) is 0 Å². The minimum atomic E-state index is -0.889. The van der Waals surface area contributed by atoms with Crippen molar-refractivity contribution in [2.75, 3.05) is 13.2 Å². The van der Waals surface area contributed by atoms with E-state index in [1.54, 1.807) is 31.2 Å². The van der Waals surface area contributed by atoms with E-state index in [-0.39, 0.29) is 30.6 Å². The highest BCUT2D eigenvalue weighted by Crippen LogP contribution is 2.27. The summed E-state index contributed by atoms with van der Waals surface area (Å²) in [6, 6.07) is 23.6. The molecule has 0 bridgehead atoms. The molecule has 46 heavy (non-hydrogen) atoms. The smallest absolute Gasteiger partial charge is 0.407 e. The second-order valence-electron chi connectivity index (χ2n) is 12.0. The van der Waals surface area contributed by atoms with Crippen LogP contribution in [-0.4, -0.2) is 53.4 Å². The summed E-state index contributed by atoms with van der Waals surface area (Å²) < 4.78 is 5.85. The Labute approximate surface area is 272 Å². The Kier molecular flexibility index (Phi) is 15.1. The van der Waals surface area contributed by atoms with Crippen molar-refractivity contribution in [1.29, 1.82) is 0 Å². The van der Waals surface area contributed by atoms with Crippen LogP contribution < -0.4 is 16.0 Å². The van der Waals surface area contributed by atoms with Crippen molar-refractivity contribution in [2.45, 2.75) is 83.4 Å². The maximum absolute atomic E-state index is 14.0. The zero-order chi connectivity index (χ0) is 33.3. The Morgan fingerprint density at radius 3 is 1.91 bits per heavy atom. The van der Waals surface area contributed by atoms with Crippen LogP contribution in [0.25, 0.3) is 0 Å². The van der Waals surface area contributed by atoms with Gasteiger partial charge < -0.3 is 30.9 Å². The number of nitrogens with one attached hydrogen (secondary N) is 3. The summed E-state index contributed by atoms with van der Waals surface area (Å²) in [7, 11) is 0. The normalized spacial score (nSPS) is 13.7. The minimum Gasteiger partial charge on any atom is -0.508 e. The van der Waals surface area contributed by atoms with Crippen LogP contribution in [0.3, 0.4) is 0 Å². The number of ether oxygens (including phenoxy) is 1. The van der Waals surface area contributed by atoms with Gasteiger partial charge in [-0.3, -0.25) is 9.59 Å². The van der Waals surface area contributed by atoms with Gasteiger partial charge in [0.1, 0.15) is 17.9 Å². The fraction of sp³-hybridized carbons (Fsp3) is 0.432. The average Bonchev–Trinajstić information content (AvgIpc) is 3.04. The first-order chi connectivity index (χ1) is 22.2. The molecule has 0 spiro atoms. The molecular formula is C37H49N3O6. The van der Waals surface area contributed by atoms with E-state index in [0.717, 1.165) is 43.2 Å². The lowest BCUT2D eigenvalue weighted by Gasteiger charge is -2.28. The maximum Gasteiger partial charge on any atom is 0.407 e. The average molecular weight is 632 g/mol. The topological polar surface area (TPSA) is 137 Å². The molecule has 3 rings (SSSR count). The van der Waals surface area contributed by atoms with Crippen molar-refractivity contribution >= 4 is 17.9 Å². The number of unbranched alkanes of at least 4 members (excludes halogenated alkanes) is 4. The Morgan fingerprint density at radius 2 is 1.30 bits per heavy atom. The van der Waals surface area contributed by atoms with Gasteiger partial charge >= 0.3 is 6.09 Å². The predicted molar refractivity (Wildman–Crippen MR) is 179 cm³/mol. The van der Waals surface area contributed by atoms with Crippen LogP contribution in [-0.2, 0) is 20.7 Å². The second kappa shape index (κ2) is 19.2. The zero-order valence-electron chi connectivity index (χ0n) is 27.2. The number of alkyl carbamates (subject to hydrolysis) is 1. The molecule has 3 amide bonds. The number of aliphatic hydroxyl groups excluding tert-OH is 1. The summed E-state index contributed by atoms with van der Waals surface area (Å²) in [6.45, 7) is 6.35. The fourth-order valence-corrected chi connectivity index (χ4v) is 5.42. The first-order valence-corrected chi connectivity index (χ1v) is 16.2. The SMILES string of the molecule is CC(C)C(OC(=O)NC(C)C(C(=O)NC(Cc1ccc(O)cc1)C(=O)NCCCCCCCO)c1ccccc1)c1ccccc1. The van der Waals surface area contributed by atoms with Crippen LogP contribution in [0.15, 0.2) is 84.9 Å². The highest BCUT2D eigenvalue weighted by molar-refractivity contribution is 5.91. The number of aliphatic hydroxyl groups is 1. The van der Waals surface area contributed by atoms with Gasteiger partial charge in [0.2, 0.25) is 11.8 Å².